The standard InChI is InChI=1S/C16H18N4O4/c1-11-13(18-19-20(11)12-5-3-2-4-6-12)9-14(21)17-16(15(22)23)7-8-24-10-16/h2-6H,7-10H2,1H3,(H,17,21)(H,22,23). The Bertz CT molecular complexity index is 751. The Hall–Kier alpha value is -2.74. The fourth-order valence-electron chi connectivity index (χ4n) is 2.69. The van der Waals surface area contributed by atoms with Crippen molar-refractivity contribution >= 4 is 11.9 Å². The largest absolute Gasteiger partial charge is 0.479 e. The van der Waals surface area contributed by atoms with Crippen molar-refractivity contribution in [2.45, 2.75) is 25.3 Å². The van der Waals surface area contributed by atoms with Crippen molar-refractivity contribution < 1.29 is 19.4 Å². The van der Waals surface area contributed by atoms with Gasteiger partial charge in [0.05, 0.1) is 30.1 Å². The van der Waals surface area contributed by atoms with E-state index >= 15 is 0 Å². The zero-order chi connectivity index (χ0) is 17.2. The first-order valence-corrected chi connectivity index (χ1v) is 7.60. The zero-order valence-electron chi connectivity index (χ0n) is 13.2. The van der Waals surface area contributed by atoms with Crippen LogP contribution in [0.4, 0.5) is 0 Å². The number of hydrogen-bond donors (Lipinski definition) is 2. The van der Waals surface area contributed by atoms with Crippen LogP contribution in [0.15, 0.2) is 30.3 Å². The van der Waals surface area contributed by atoms with Crippen LogP contribution in [0.3, 0.4) is 0 Å². The van der Waals surface area contributed by atoms with Crippen molar-refractivity contribution in [1.29, 1.82) is 0 Å². The Morgan fingerprint density at radius 3 is 2.75 bits per heavy atom. The van der Waals surface area contributed by atoms with Gasteiger partial charge in [-0.05, 0) is 19.1 Å². The molecule has 1 fully saturated rings. The number of aromatic nitrogens is 3. The van der Waals surface area contributed by atoms with Crippen molar-refractivity contribution in [2.75, 3.05) is 13.2 Å². The van der Waals surface area contributed by atoms with E-state index in [9.17, 15) is 14.7 Å². The summed E-state index contributed by atoms with van der Waals surface area (Å²) < 4.78 is 6.78. The van der Waals surface area contributed by atoms with Gasteiger partial charge in [0.2, 0.25) is 5.91 Å². The van der Waals surface area contributed by atoms with Gasteiger partial charge in [0.15, 0.2) is 5.54 Å². The van der Waals surface area contributed by atoms with E-state index < -0.39 is 17.4 Å². The maximum absolute atomic E-state index is 12.3. The summed E-state index contributed by atoms with van der Waals surface area (Å²) >= 11 is 0. The first-order chi connectivity index (χ1) is 11.5. The van der Waals surface area contributed by atoms with Crippen LogP contribution in [0.5, 0.6) is 0 Å². The molecule has 0 saturated carbocycles. The summed E-state index contributed by atoms with van der Waals surface area (Å²) in [6.45, 7) is 2.11. The maximum Gasteiger partial charge on any atom is 0.331 e. The van der Waals surface area contributed by atoms with E-state index in [0.29, 0.717) is 12.3 Å². The van der Waals surface area contributed by atoms with Gasteiger partial charge >= 0.3 is 5.97 Å². The number of carboxylic acids is 1. The lowest BCUT2D eigenvalue weighted by molar-refractivity contribution is -0.147. The molecule has 1 aromatic carbocycles. The van der Waals surface area contributed by atoms with Crippen molar-refractivity contribution in [1.82, 2.24) is 20.3 Å². The summed E-state index contributed by atoms with van der Waals surface area (Å²) in [6, 6.07) is 9.46. The first-order valence-electron chi connectivity index (χ1n) is 7.60. The molecule has 24 heavy (non-hydrogen) atoms. The summed E-state index contributed by atoms with van der Waals surface area (Å²) in [6.07, 6.45) is 0.220. The molecule has 2 heterocycles. The maximum atomic E-state index is 12.3. The van der Waals surface area contributed by atoms with Crippen LogP contribution in [-0.2, 0) is 20.7 Å². The normalized spacial score (nSPS) is 20.0. The Balaban J connectivity index is 1.74. The lowest BCUT2D eigenvalue weighted by atomic mass is 9.98. The minimum absolute atomic E-state index is 0.0240. The van der Waals surface area contributed by atoms with Crippen LogP contribution in [0.2, 0.25) is 0 Å². The number of ether oxygens (including phenoxy) is 1. The second-order valence-electron chi connectivity index (χ2n) is 5.78. The van der Waals surface area contributed by atoms with Crippen LogP contribution in [-0.4, -0.2) is 50.7 Å². The molecular formula is C16H18N4O4. The van der Waals surface area contributed by atoms with Gasteiger partial charge in [-0.2, -0.15) is 0 Å². The summed E-state index contributed by atoms with van der Waals surface area (Å²) in [5.74, 6) is -1.50. The monoisotopic (exact) mass is 330 g/mol. The van der Waals surface area contributed by atoms with Crippen LogP contribution in [0, 0.1) is 6.92 Å². The summed E-state index contributed by atoms with van der Waals surface area (Å²) in [7, 11) is 0. The molecule has 0 aliphatic carbocycles. The second-order valence-corrected chi connectivity index (χ2v) is 5.78. The van der Waals surface area contributed by atoms with Gasteiger partial charge < -0.3 is 15.2 Å². The Morgan fingerprint density at radius 2 is 2.12 bits per heavy atom. The fourth-order valence-corrected chi connectivity index (χ4v) is 2.69. The quantitative estimate of drug-likeness (QED) is 0.826. The number of carboxylic acid groups (broad SMARTS) is 1. The number of nitrogens with one attached hydrogen (secondary N) is 1. The molecule has 1 amide bonds. The van der Waals surface area contributed by atoms with E-state index in [1.807, 2.05) is 37.3 Å². The molecule has 1 saturated heterocycles. The molecule has 1 aromatic heterocycles. The average Bonchev–Trinajstić information content (AvgIpc) is 3.17. The molecule has 1 atom stereocenters. The number of aliphatic carboxylic acids is 1. The second kappa shape index (κ2) is 6.40. The minimum atomic E-state index is -1.35. The van der Waals surface area contributed by atoms with Crippen molar-refractivity contribution in [2.24, 2.45) is 0 Å². The van der Waals surface area contributed by atoms with Gasteiger partial charge in [0, 0.05) is 13.0 Å². The minimum Gasteiger partial charge on any atom is -0.479 e. The number of nitrogens with zero attached hydrogens (tertiary/aromatic N) is 3. The highest BCUT2D eigenvalue weighted by Gasteiger charge is 2.43. The van der Waals surface area contributed by atoms with E-state index in [1.54, 1.807) is 4.68 Å². The van der Waals surface area contributed by atoms with E-state index in [-0.39, 0.29) is 19.4 Å². The number of carbonyl (C=O) groups is 2. The Morgan fingerprint density at radius 1 is 1.38 bits per heavy atom. The Labute approximate surface area is 138 Å². The Kier molecular flexibility index (Phi) is 4.30. The van der Waals surface area contributed by atoms with Crippen molar-refractivity contribution in [3.05, 3.63) is 41.7 Å². The number of amides is 1. The van der Waals surface area contributed by atoms with E-state index in [4.69, 9.17) is 4.74 Å². The topological polar surface area (TPSA) is 106 Å². The molecule has 1 aliphatic heterocycles. The van der Waals surface area contributed by atoms with Crippen LogP contribution in [0.25, 0.3) is 5.69 Å². The lowest BCUT2D eigenvalue weighted by Crippen LogP contribution is -2.55. The van der Waals surface area contributed by atoms with Crippen molar-refractivity contribution in [3.8, 4) is 5.69 Å². The molecule has 126 valence electrons. The third-order valence-corrected chi connectivity index (χ3v) is 4.13. The van der Waals surface area contributed by atoms with Crippen LogP contribution >= 0.6 is 0 Å². The molecular weight excluding hydrogens is 312 g/mol. The molecule has 0 bridgehead atoms. The summed E-state index contributed by atoms with van der Waals surface area (Å²) in [5, 5.41) is 20.1. The third-order valence-electron chi connectivity index (χ3n) is 4.13. The molecule has 3 rings (SSSR count). The highest BCUT2D eigenvalue weighted by Crippen LogP contribution is 2.19. The molecule has 2 N–H and O–H groups in total. The number of carbonyl (C=O) groups excluding carboxylic acids is 1. The van der Waals surface area contributed by atoms with Crippen LogP contribution < -0.4 is 5.32 Å². The number of rotatable bonds is 5. The molecule has 8 heteroatoms. The molecule has 8 nitrogen and oxygen atoms in total. The zero-order valence-corrected chi connectivity index (χ0v) is 13.2. The average molecular weight is 330 g/mol. The number of benzene rings is 1. The van der Waals surface area contributed by atoms with Gasteiger partial charge in [-0.25, -0.2) is 9.48 Å². The molecule has 0 spiro atoms. The van der Waals surface area contributed by atoms with Gasteiger partial charge in [-0.3, -0.25) is 4.79 Å². The fraction of sp³-hybridized carbons (Fsp3) is 0.375. The van der Waals surface area contributed by atoms with Gasteiger partial charge in [-0.15, -0.1) is 5.10 Å². The first kappa shape index (κ1) is 16.1. The van der Waals surface area contributed by atoms with Gasteiger partial charge in [-0.1, -0.05) is 23.4 Å². The predicted octanol–water partition coefficient (Wildman–Crippen LogP) is 0.478. The van der Waals surface area contributed by atoms with E-state index in [2.05, 4.69) is 15.6 Å². The highest BCUT2D eigenvalue weighted by molar-refractivity contribution is 5.88. The predicted molar refractivity (Wildman–Crippen MR) is 83.7 cm³/mol. The molecule has 0 radical (unpaired) electrons. The molecule has 2 aromatic rings. The van der Waals surface area contributed by atoms with Gasteiger partial charge in [0.1, 0.15) is 0 Å². The van der Waals surface area contributed by atoms with E-state index in [0.717, 1.165) is 11.4 Å². The highest BCUT2D eigenvalue weighted by atomic mass is 16.5. The SMILES string of the molecule is Cc1c(CC(=O)NC2(C(=O)O)CCOC2)nnn1-c1ccccc1. The molecule has 1 unspecified atom stereocenters. The number of para-hydroxylation sites is 1. The van der Waals surface area contributed by atoms with Crippen LogP contribution in [0.1, 0.15) is 17.8 Å². The van der Waals surface area contributed by atoms with Gasteiger partial charge in [0.25, 0.3) is 0 Å². The lowest BCUT2D eigenvalue weighted by Gasteiger charge is -2.23. The van der Waals surface area contributed by atoms with E-state index in [1.165, 1.54) is 0 Å². The number of hydrogen-bond acceptors (Lipinski definition) is 5. The third kappa shape index (κ3) is 3.00. The summed E-state index contributed by atoms with van der Waals surface area (Å²) in [4.78, 5) is 23.7. The molecule has 1 aliphatic rings. The summed E-state index contributed by atoms with van der Waals surface area (Å²) in [5.41, 5.74) is 0.750. The smallest absolute Gasteiger partial charge is 0.331 e. The van der Waals surface area contributed by atoms with Crippen molar-refractivity contribution in [3.63, 3.8) is 0 Å².